The number of hydrogen-bond donors (Lipinski definition) is 0. The summed E-state index contributed by atoms with van der Waals surface area (Å²) in [4.78, 5) is 1.76. The lowest BCUT2D eigenvalue weighted by molar-refractivity contribution is 0.281. The number of sulfonamides is 1. The summed E-state index contributed by atoms with van der Waals surface area (Å²) in [7, 11) is -3.68. The first kappa shape index (κ1) is 22.6. The Kier molecular flexibility index (Phi) is 5.41. The van der Waals surface area contributed by atoms with Gasteiger partial charge < -0.3 is 9.47 Å². The van der Waals surface area contributed by atoms with Crippen LogP contribution in [0.3, 0.4) is 0 Å². The van der Waals surface area contributed by atoms with Crippen LogP contribution in [0.15, 0.2) is 55.1 Å². The number of benzene rings is 2. The zero-order valence-electron chi connectivity index (χ0n) is 19.3. The molecule has 184 valence electrons. The standard InChI is InChI=1S/C25H27F2N5O2S/c1-16-7-8-23(18-5-3-2-4-6-18)35(33,34)32(16)11-17-9-21(26)25(22(27)10-17)30-12-19-20(13-30)24(19)31-14-28-29-15-31/h2-6,9-10,14-16,19-20,23-24H,7-8,11-13H2,1H3/t16-,19-,20+,23+,24-/m0/s1. The van der Waals surface area contributed by atoms with Gasteiger partial charge in [0.25, 0.3) is 0 Å². The van der Waals surface area contributed by atoms with Gasteiger partial charge in [0.15, 0.2) is 0 Å². The van der Waals surface area contributed by atoms with Crippen molar-refractivity contribution in [1.82, 2.24) is 19.1 Å². The molecule has 2 aromatic carbocycles. The van der Waals surface area contributed by atoms with Crippen molar-refractivity contribution in [3.8, 4) is 0 Å². The highest BCUT2D eigenvalue weighted by Crippen LogP contribution is 2.56. The molecule has 0 amide bonds. The molecule has 3 aliphatic rings. The Morgan fingerprint density at radius 3 is 2.23 bits per heavy atom. The maximum atomic E-state index is 15.2. The summed E-state index contributed by atoms with van der Waals surface area (Å²) >= 11 is 0. The SMILES string of the molecule is C[C@H]1CC[C@H](c2ccccc2)S(=O)(=O)N1Cc1cc(F)c(N2C[C@@H]3[C@H](C2)[C@@H]3n2cnnc2)c(F)c1. The average Bonchev–Trinajstić information content (AvgIpc) is 3.19. The molecule has 2 saturated heterocycles. The number of halogens is 2. The molecular weight excluding hydrogens is 472 g/mol. The van der Waals surface area contributed by atoms with Crippen molar-refractivity contribution in [3.63, 3.8) is 0 Å². The zero-order chi connectivity index (χ0) is 24.3. The molecule has 3 fully saturated rings. The fourth-order valence-electron chi connectivity index (χ4n) is 6.03. The minimum Gasteiger partial charge on any atom is -0.366 e. The van der Waals surface area contributed by atoms with E-state index in [0.717, 1.165) is 5.56 Å². The average molecular weight is 500 g/mol. The highest BCUT2D eigenvalue weighted by molar-refractivity contribution is 7.89. The smallest absolute Gasteiger partial charge is 0.221 e. The number of piperidine rings is 1. The van der Waals surface area contributed by atoms with Crippen LogP contribution in [-0.4, -0.2) is 46.6 Å². The van der Waals surface area contributed by atoms with Gasteiger partial charge in [0.2, 0.25) is 10.0 Å². The summed E-state index contributed by atoms with van der Waals surface area (Å²) in [6, 6.07) is 11.8. The van der Waals surface area contributed by atoms with Crippen LogP contribution in [0.25, 0.3) is 0 Å². The lowest BCUT2D eigenvalue weighted by atomic mass is 10.0. The van der Waals surface area contributed by atoms with Crippen molar-refractivity contribution in [2.75, 3.05) is 18.0 Å². The van der Waals surface area contributed by atoms with E-state index in [1.165, 1.54) is 16.4 Å². The molecule has 2 aliphatic heterocycles. The summed E-state index contributed by atoms with van der Waals surface area (Å²) in [6.45, 7) is 2.93. The van der Waals surface area contributed by atoms with E-state index in [1.54, 1.807) is 17.6 Å². The van der Waals surface area contributed by atoms with Crippen molar-refractivity contribution < 1.29 is 17.2 Å². The molecule has 5 atom stereocenters. The number of hydrogen-bond acceptors (Lipinski definition) is 5. The fraction of sp³-hybridized carbons (Fsp3) is 0.440. The number of fused-ring (bicyclic) bond motifs is 1. The quantitative estimate of drug-likeness (QED) is 0.532. The van der Waals surface area contributed by atoms with Crippen molar-refractivity contribution in [3.05, 3.63) is 77.9 Å². The van der Waals surface area contributed by atoms with Gasteiger partial charge in [-0.1, -0.05) is 30.3 Å². The minimum atomic E-state index is -3.68. The van der Waals surface area contributed by atoms with E-state index in [4.69, 9.17) is 0 Å². The fourth-order valence-corrected chi connectivity index (χ4v) is 8.22. The molecule has 0 N–H and O–H groups in total. The van der Waals surface area contributed by atoms with Gasteiger partial charge in [0, 0.05) is 43.6 Å². The maximum Gasteiger partial charge on any atom is 0.221 e. The van der Waals surface area contributed by atoms with Crippen molar-refractivity contribution in [2.24, 2.45) is 11.8 Å². The zero-order valence-corrected chi connectivity index (χ0v) is 20.2. The van der Waals surface area contributed by atoms with Crippen LogP contribution < -0.4 is 4.90 Å². The van der Waals surface area contributed by atoms with Crippen LogP contribution in [0.4, 0.5) is 14.5 Å². The molecule has 3 heterocycles. The minimum absolute atomic E-state index is 0.0276. The Morgan fingerprint density at radius 1 is 0.971 bits per heavy atom. The van der Waals surface area contributed by atoms with Gasteiger partial charge in [-0.05, 0) is 43.0 Å². The molecule has 10 heteroatoms. The monoisotopic (exact) mass is 499 g/mol. The van der Waals surface area contributed by atoms with Crippen LogP contribution in [-0.2, 0) is 16.6 Å². The Bertz CT molecular complexity index is 1300. The highest BCUT2D eigenvalue weighted by Gasteiger charge is 2.57. The normalized spacial score (nSPS) is 29.8. The number of aromatic nitrogens is 3. The molecule has 1 aromatic heterocycles. The summed E-state index contributed by atoms with van der Waals surface area (Å²) in [5.41, 5.74) is 1.04. The van der Waals surface area contributed by atoms with Gasteiger partial charge >= 0.3 is 0 Å². The third-order valence-electron chi connectivity index (χ3n) is 7.86. The number of nitrogens with zero attached hydrogens (tertiary/aromatic N) is 5. The molecule has 1 aliphatic carbocycles. The topological polar surface area (TPSA) is 71.3 Å². The number of rotatable bonds is 5. The molecule has 0 spiro atoms. The third kappa shape index (κ3) is 3.83. The van der Waals surface area contributed by atoms with E-state index in [1.807, 2.05) is 41.8 Å². The van der Waals surface area contributed by atoms with Gasteiger partial charge in [-0.3, -0.25) is 0 Å². The van der Waals surface area contributed by atoms with Crippen LogP contribution >= 0.6 is 0 Å². The first-order chi connectivity index (χ1) is 16.8. The van der Waals surface area contributed by atoms with Gasteiger partial charge in [-0.2, -0.15) is 4.31 Å². The summed E-state index contributed by atoms with van der Waals surface area (Å²) in [5, 5.41) is 7.04. The predicted octanol–water partition coefficient (Wildman–Crippen LogP) is 3.92. The summed E-state index contributed by atoms with van der Waals surface area (Å²) < 4.78 is 60.7. The molecule has 3 aromatic rings. The van der Waals surface area contributed by atoms with Gasteiger partial charge in [0.1, 0.15) is 35.2 Å². The van der Waals surface area contributed by atoms with Crippen LogP contribution in [0, 0.1) is 23.5 Å². The molecular formula is C25H27F2N5O2S. The molecule has 35 heavy (non-hydrogen) atoms. The third-order valence-corrected chi connectivity index (χ3v) is 10.2. The molecule has 0 radical (unpaired) electrons. The molecule has 0 unspecified atom stereocenters. The second kappa shape index (κ2) is 8.37. The molecule has 6 rings (SSSR count). The van der Waals surface area contributed by atoms with E-state index in [2.05, 4.69) is 10.2 Å². The highest BCUT2D eigenvalue weighted by atomic mass is 32.2. The van der Waals surface area contributed by atoms with Crippen molar-refractivity contribution in [1.29, 1.82) is 0 Å². The summed E-state index contributed by atoms with van der Waals surface area (Å²) in [6.07, 6.45) is 4.58. The first-order valence-corrected chi connectivity index (χ1v) is 13.5. The molecule has 1 saturated carbocycles. The van der Waals surface area contributed by atoms with Gasteiger partial charge in [-0.25, -0.2) is 17.2 Å². The maximum absolute atomic E-state index is 15.2. The molecule has 7 nitrogen and oxygen atoms in total. The Labute approximate surface area is 203 Å². The molecule has 0 bridgehead atoms. The second-order valence-electron chi connectivity index (χ2n) is 9.96. The van der Waals surface area contributed by atoms with Crippen LogP contribution in [0.2, 0.25) is 0 Å². The van der Waals surface area contributed by atoms with E-state index in [9.17, 15) is 8.42 Å². The Balaban J connectivity index is 1.20. The van der Waals surface area contributed by atoms with E-state index < -0.39 is 26.9 Å². The van der Waals surface area contributed by atoms with Crippen molar-refractivity contribution in [2.45, 2.75) is 43.6 Å². The van der Waals surface area contributed by atoms with E-state index >= 15 is 8.78 Å². The second-order valence-corrected chi connectivity index (χ2v) is 12.0. The Morgan fingerprint density at radius 2 is 1.60 bits per heavy atom. The van der Waals surface area contributed by atoms with E-state index in [0.29, 0.717) is 43.3 Å². The predicted molar refractivity (Wildman–Crippen MR) is 127 cm³/mol. The van der Waals surface area contributed by atoms with E-state index in [-0.39, 0.29) is 24.3 Å². The largest absolute Gasteiger partial charge is 0.366 e. The lowest BCUT2D eigenvalue weighted by Crippen LogP contribution is -2.44. The van der Waals surface area contributed by atoms with Crippen LogP contribution in [0.1, 0.15) is 42.2 Å². The van der Waals surface area contributed by atoms with Crippen molar-refractivity contribution >= 4 is 15.7 Å². The van der Waals surface area contributed by atoms with Gasteiger partial charge in [-0.15, -0.1) is 10.2 Å². The lowest BCUT2D eigenvalue weighted by Gasteiger charge is -2.37. The Hall–Kier alpha value is -2.85. The number of anilines is 1. The summed E-state index contributed by atoms with van der Waals surface area (Å²) in [5.74, 6) is -0.662. The first-order valence-electron chi connectivity index (χ1n) is 12.0. The van der Waals surface area contributed by atoms with Crippen LogP contribution in [0.5, 0.6) is 0 Å². The van der Waals surface area contributed by atoms with Gasteiger partial charge in [0.05, 0.1) is 0 Å².